The van der Waals surface area contributed by atoms with Gasteiger partial charge >= 0.3 is 5.69 Å². The van der Waals surface area contributed by atoms with Gasteiger partial charge in [0.25, 0.3) is 5.56 Å². The molecule has 156 valence electrons. The third-order valence-electron chi connectivity index (χ3n) is 4.43. The zero-order valence-electron chi connectivity index (χ0n) is 16.4. The van der Waals surface area contributed by atoms with Gasteiger partial charge in [0, 0.05) is 16.1 Å². The second-order valence-corrected chi connectivity index (χ2v) is 8.40. The van der Waals surface area contributed by atoms with E-state index in [1.54, 1.807) is 25.1 Å². The molecule has 0 saturated carbocycles. The number of hydrogen-bond donors (Lipinski definition) is 0. The van der Waals surface area contributed by atoms with Crippen molar-refractivity contribution in [3.63, 3.8) is 0 Å². The normalized spacial score (nSPS) is 12.4. The van der Waals surface area contributed by atoms with Crippen molar-refractivity contribution in [2.24, 2.45) is 5.10 Å². The minimum atomic E-state index is -0.508. The molecule has 0 aliphatic heterocycles. The van der Waals surface area contributed by atoms with E-state index in [2.05, 4.69) is 41.9 Å². The smallest absolute Gasteiger partial charge is 0.312 e. The van der Waals surface area contributed by atoms with Gasteiger partial charge < -0.3 is 4.74 Å². The van der Waals surface area contributed by atoms with Crippen LogP contribution in [-0.2, 0) is 0 Å². The highest BCUT2D eigenvalue weighted by Crippen LogP contribution is 2.37. The lowest BCUT2D eigenvalue weighted by molar-refractivity contribution is -0.386. The Morgan fingerprint density at radius 3 is 2.73 bits per heavy atom. The predicted molar refractivity (Wildman–Crippen MR) is 123 cm³/mol. The number of ether oxygens (including phenoxy) is 1. The molecule has 10 heteroatoms. The average Bonchev–Trinajstić information content (AvgIpc) is 2.69. The molecule has 3 rings (SSSR count). The van der Waals surface area contributed by atoms with Crippen LogP contribution in [0, 0.1) is 17.0 Å². The molecular formula is C20H18Br2N4O4. The number of aromatic nitrogens is 2. The first kappa shape index (κ1) is 22.1. The van der Waals surface area contributed by atoms with Crippen LogP contribution in [-0.4, -0.2) is 26.9 Å². The summed E-state index contributed by atoms with van der Waals surface area (Å²) >= 11 is 6.69. The molecule has 0 aliphatic carbocycles. The summed E-state index contributed by atoms with van der Waals surface area (Å²) < 4.78 is 8.05. The number of halogens is 2. The summed E-state index contributed by atoms with van der Waals surface area (Å²) in [5, 5.41) is 16.2. The SMILES string of the molecule is CC[C@H](C)Oc1c(Br)cc(C=Nn2c(C)nc3ccc(Br)cc3c2=O)cc1[N+](=O)[O-]. The molecule has 3 aromatic rings. The van der Waals surface area contributed by atoms with Crippen LogP contribution >= 0.6 is 31.9 Å². The molecule has 0 amide bonds. The Bertz CT molecular complexity index is 1220. The number of nitro benzene ring substituents is 1. The van der Waals surface area contributed by atoms with Gasteiger partial charge in [-0.2, -0.15) is 9.78 Å². The van der Waals surface area contributed by atoms with E-state index >= 15 is 0 Å². The second kappa shape index (κ2) is 9.05. The Morgan fingerprint density at radius 1 is 1.33 bits per heavy atom. The molecule has 0 bridgehead atoms. The van der Waals surface area contributed by atoms with E-state index in [4.69, 9.17) is 4.74 Å². The van der Waals surface area contributed by atoms with E-state index in [0.29, 0.717) is 33.2 Å². The van der Waals surface area contributed by atoms with Gasteiger partial charge in [-0.1, -0.05) is 22.9 Å². The predicted octanol–water partition coefficient (Wildman–Crippen LogP) is 5.20. The summed E-state index contributed by atoms with van der Waals surface area (Å²) in [6.45, 7) is 5.44. The van der Waals surface area contributed by atoms with Crippen molar-refractivity contribution in [3.8, 4) is 5.75 Å². The van der Waals surface area contributed by atoms with Gasteiger partial charge in [-0.25, -0.2) is 4.98 Å². The number of hydrogen-bond acceptors (Lipinski definition) is 6. The molecule has 0 N–H and O–H groups in total. The molecule has 1 atom stereocenters. The molecule has 30 heavy (non-hydrogen) atoms. The van der Waals surface area contributed by atoms with Crippen molar-refractivity contribution >= 4 is 54.7 Å². The fourth-order valence-corrected chi connectivity index (χ4v) is 3.65. The molecule has 0 fully saturated rings. The van der Waals surface area contributed by atoms with E-state index in [9.17, 15) is 14.9 Å². The monoisotopic (exact) mass is 536 g/mol. The van der Waals surface area contributed by atoms with Gasteiger partial charge in [0.05, 0.1) is 32.6 Å². The van der Waals surface area contributed by atoms with Crippen molar-refractivity contribution in [1.29, 1.82) is 0 Å². The average molecular weight is 538 g/mol. The summed E-state index contributed by atoms with van der Waals surface area (Å²) in [4.78, 5) is 28.3. The highest BCUT2D eigenvalue weighted by molar-refractivity contribution is 9.10. The van der Waals surface area contributed by atoms with Crippen LogP contribution in [0.1, 0.15) is 31.7 Å². The maximum absolute atomic E-state index is 12.8. The number of aryl methyl sites for hydroxylation is 1. The van der Waals surface area contributed by atoms with E-state index in [0.717, 1.165) is 9.15 Å². The summed E-state index contributed by atoms with van der Waals surface area (Å²) in [5.41, 5.74) is 0.485. The van der Waals surface area contributed by atoms with Crippen LogP contribution in [0.2, 0.25) is 0 Å². The largest absolute Gasteiger partial charge is 0.483 e. The fraction of sp³-hybridized carbons (Fsp3) is 0.250. The first-order valence-corrected chi connectivity index (χ1v) is 10.7. The van der Waals surface area contributed by atoms with Gasteiger partial charge in [-0.3, -0.25) is 14.9 Å². The molecule has 1 aromatic heterocycles. The summed E-state index contributed by atoms with van der Waals surface area (Å²) in [7, 11) is 0. The third-order valence-corrected chi connectivity index (χ3v) is 5.51. The number of rotatable bonds is 6. The number of nitro groups is 1. The third kappa shape index (κ3) is 4.59. The first-order chi connectivity index (χ1) is 14.2. The highest BCUT2D eigenvalue weighted by atomic mass is 79.9. The summed E-state index contributed by atoms with van der Waals surface area (Å²) in [5.74, 6) is 0.563. The van der Waals surface area contributed by atoms with Crippen LogP contribution in [0.4, 0.5) is 5.69 Å². The van der Waals surface area contributed by atoms with E-state index in [1.165, 1.54) is 12.3 Å². The Kier molecular flexibility index (Phi) is 6.67. The Balaban J connectivity index is 2.06. The van der Waals surface area contributed by atoms with Crippen molar-refractivity contribution in [2.75, 3.05) is 0 Å². The number of nitrogens with zero attached hydrogens (tertiary/aromatic N) is 4. The minimum absolute atomic E-state index is 0.164. The standard InChI is InChI=1S/C20H18Br2N4O4/c1-4-11(2)30-19-16(22)7-13(8-18(19)26(28)29)10-23-25-12(3)24-17-6-5-14(21)9-15(17)20(25)27/h5-11H,4H2,1-3H3/t11-/m0/s1. The van der Waals surface area contributed by atoms with Gasteiger partial charge in [-0.15, -0.1) is 0 Å². The van der Waals surface area contributed by atoms with Crippen molar-refractivity contribution in [1.82, 2.24) is 9.66 Å². The van der Waals surface area contributed by atoms with Gasteiger partial charge in [0.15, 0.2) is 0 Å². The van der Waals surface area contributed by atoms with Crippen LogP contribution < -0.4 is 10.3 Å². The molecule has 0 radical (unpaired) electrons. The van der Waals surface area contributed by atoms with E-state index in [1.807, 2.05) is 19.9 Å². The molecule has 2 aromatic carbocycles. The molecule has 0 aliphatic rings. The highest BCUT2D eigenvalue weighted by Gasteiger charge is 2.21. The summed E-state index contributed by atoms with van der Waals surface area (Å²) in [6, 6.07) is 8.25. The maximum atomic E-state index is 12.8. The van der Waals surface area contributed by atoms with Gasteiger partial charge in [-0.05, 0) is 60.5 Å². The Morgan fingerprint density at radius 2 is 2.07 bits per heavy atom. The Hall–Kier alpha value is -2.59. The number of fused-ring (bicyclic) bond motifs is 1. The molecular weight excluding hydrogens is 520 g/mol. The molecule has 8 nitrogen and oxygen atoms in total. The van der Waals surface area contributed by atoms with Crippen molar-refractivity contribution < 1.29 is 9.66 Å². The zero-order chi connectivity index (χ0) is 22.0. The lowest BCUT2D eigenvalue weighted by atomic mass is 10.2. The van der Waals surface area contributed by atoms with Gasteiger partial charge in [0.2, 0.25) is 5.75 Å². The van der Waals surface area contributed by atoms with Crippen LogP contribution in [0.15, 0.2) is 49.2 Å². The molecule has 0 spiro atoms. The van der Waals surface area contributed by atoms with E-state index in [-0.39, 0.29) is 23.1 Å². The van der Waals surface area contributed by atoms with Crippen LogP contribution in [0.5, 0.6) is 5.75 Å². The van der Waals surface area contributed by atoms with Crippen LogP contribution in [0.25, 0.3) is 10.9 Å². The first-order valence-electron chi connectivity index (χ1n) is 9.09. The van der Waals surface area contributed by atoms with E-state index < -0.39 is 4.92 Å². The Labute approximate surface area is 189 Å². The van der Waals surface area contributed by atoms with Gasteiger partial charge in [0.1, 0.15) is 5.82 Å². The van der Waals surface area contributed by atoms with Crippen LogP contribution in [0.3, 0.4) is 0 Å². The number of benzene rings is 2. The fourth-order valence-electron chi connectivity index (χ4n) is 2.73. The second-order valence-electron chi connectivity index (χ2n) is 6.63. The lowest BCUT2D eigenvalue weighted by Crippen LogP contribution is -2.20. The quantitative estimate of drug-likeness (QED) is 0.244. The molecule has 0 saturated heterocycles. The minimum Gasteiger partial charge on any atom is -0.483 e. The summed E-state index contributed by atoms with van der Waals surface area (Å²) in [6.07, 6.45) is 1.91. The van der Waals surface area contributed by atoms with Crippen molar-refractivity contribution in [2.45, 2.75) is 33.3 Å². The molecule has 0 unspecified atom stereocenters. The zero-order valence-corrected chi connectivity index (χ0v) is 19.6. The van der Waals surface area contributed by atoms with Crippen molar-refractivity contribution in [3.05, 3.63) is 71.1 Å². The lowest BCUT2D eigenvalue weighted by Gasteiger charge is -2.14. The topological polar surface area (TPSA) is 99.6 Å². The maximum Gasteiger partial charge on any atom is 0.312 e. The molecule has 1 heterocycles.